The first-order valence-electron chi connectivity index (χ1n) is 7.25. The van der Waals surface area contributed by atoms with E-state index in [2.05, 4.69) is 5.32 Å². The van der Waals surface area contributed by atoms with E-state index in [9.17, 15) is 14.4 Å². The summed E-state index contributed by atoms with van der Waals surface area (Å²) < 4.78 is 5.61. The molecule has 1 saturated heterocycles. The number of hydrogen-bond acceptors (Lipinski definition) is 5. The number of fused-ring (bicyclic) bond motifs is 5. The summed E-state index contributed by atoms with van der Waals surface area (Å²) in [5.74, 6) is -3.40. The van der Waals surface area contributed by atoms with Crippen LogP contribution in [0.5, 0.6) is 0 Å². The topological polar surface area (TPSA) is 72.5 Å². The number of nitrogens with one attached hydrogen (secondary N) is 1. The van der Waals surface area contributed by atoms with E-state index < -0.39 is 40.5 Å². The maximum Gasteiger partial charge on any atom is 0.319 e. The van der Waals surface area contributed by atoms with Gasteiger partial charge in [0.25, 0.3) is 0 Å². The Morgan fingerprint density at radius 1 is 1.14 bits per heavy atom. The normalized spacial score (nSPS) is 38.7. The Morgan fingerprint density at radius 3 is 2.64 bits per heavy atom. The standard InChI is InChI=1S/C17H15NO4/c1-16-9-5-3-4-6-11(9)18-17(16,2)22-15(21)13-10(16)7-8-12(19)14(13)20/h3-8,10,13,18H,1-2H3/t10?,13?,16-,17+/m1/s1. The van der Waals surface area contributed by atoms with Crippen molar-refractivity contribution in [3.8, 4) is 0 Å². The molecule has 22 heavy (non-hydrogen) atoms. The number of carbonyl (C=O) groups excluding carboxylic acids is 3. The fourth-order valence-electron chi connectivity index (χ4n) is 4.06. The number of rotatable bonds is 0. The molecule has 0 amide bonds. The Balaban J connectivity index is 1.97. The molecule has 3 aliphatic rings. The highest BCUT2D eigenvalue weighted by Gasteiger charge is 2.66. The van der Waals surface area contributed by atoms with Gasteiger partial charge in [0.2, 0.25) is 11.6 Å². The van der Waals surface area contributed by atoms with Crippen LogP contribution in [0.25, 0.3) is 0 Å². The molecule has 0 radical (unpaired) electrons. The van der Waals surface area contributed by atoms with Crippen molar-refractivity contribution in [3.05, 3.63) is 42.0 Å². The highest BCUT2D eigenvalue weighted by Crippen LogP contribution is 2.58. The molecule has 0 saturated carbocycles. The van der Waals surface area contributed by atoms with Crippen molar-refractivity contribution >= 4 is 23.2 Å². The summed E-state index contributed by atoms with van der Waals surface area (Å²) >= 11 is 0. The molecule has 1 aliphatic carbocycles. The van der Waals surface area contributed by atoms with Crippen LogP contribution in [0.15, 0.2) is 36.4 Å². The van der Waals surface area contributed by atoms with Crippen molar-refractivity contribution in [1.29, 1.82) is 0 Å². The van der Waals surface area contributed by atoms with Gasteiger partial charge in [-0.3, -0.25) is 14.4 Å². The molecule has 2 heterocycles. The minimum Gasteiger partial charge on any atom is -0.438 e. The van der Waals surface area contributed by atoms with Gasteiger partial charge in [0.15, 0.2) is 5.72 Å². The lowest BCUT2D eigenvalue weighted by atomic mass is 9.59. The molecular weight excluding hydrogens is 282 g/mol. The van der Waals surface area contributed by atoms with Crippen molar-refractivity contribution in [2.75, 3.05) is 5.32 Å². The van der Waals surface area contributed by atoms with Crippen LogP contribution in [0.4, 0.5) is 5.69 Å². The summed E-state index contributed by atoms with van der Waals surface area (Å²) in [4.78, 5) is 36.2. The Bertz CT molecular complexity index is 768. The molecule has 1 aromatic carbocycles. The quantitative estimate of drug-likeness (QED) is 0.447. The van der Waals surface area contributed by atoms with E-state index in [-0.39, 0.29) is 0 Å². The highest BCUT2D eigenvalue weighted by atomic mass is 16.6. The van der Waals surface area contributed by atoms with Crippen molar-refractivity contribution in [3.63, 3.8) is 0 Å². The third-order valence-corrected chi connectivity index (χ3v) is 5.42. The minimum absolute atomic E-state index is 0.403. The van der Waals surface area contributed by atoms with Crippen molar-refractivity contribution in [2.45, 2.75) is 25.0 Å². The number of benzene rings is 1. The van der Waals surface area contributed by atoms with Gasteiger partial charge in [-0.05, 0) is 31.6 Å². The van der Waals surface area contributed by atoms with Gasteiger partial charge >= 0.3 is 5.97 Å². The Labute approximate surface area is 127 Å². The number of ether oxygens (including phenoxy) is 1. The molecule has 1 aromatic rings. The summed E-state index contributed by atoms with van der Waals surface area (Å²) in [6.07, 6.45) is 2.98. The van der Waals surface area contributed by atoms with Gasteiger partial charge in [0, 0.05) is 11.6 Å². The number of ketones is 2. The lowest BCUT2D eigenvalue weighted by molar-refractivity contribution is -0.186. The summed E-state index contributed by atoms with van der Waals surface area (Å²) in [5.41, 5.74) is 0.320. The average Bonchev–Trinajstić information content (AvgIpc) is 2.71. The number of Topliss-reactive ketones (excluding diaryl/α,β-unsaturated/α-hetero) is 1. The van der Waals surface area contributed by atoms with Crippen LogP contribution in [-0.2, 0) is 24.5 Å². The van der Waals surface area contributed by atoms with Crippen LogP contribution < -0.4 is 5.32 Å². The molecule has 112 valence electrons. The number of esters is 1. The van der Waals surface area contributed by atoms with Crippen LogP contribution in [0, 0.1) is 11.8 Å². The second kappa shape index (κ2) is 3.85. The molecule has 4 atom stereocenters. The molecule has 2 unspecified atom stereocenters. The lowest BCUT2D eigenvalue weighted by Gasteiger charge is -2.51. The summed E-state index contributed by atoms with van der Waals surface area (Å²) in [6, 6.07) is 7.72. The number of anilines is 1. The monoisotopic (exact) mass is 297 g/mol. The third kappa shape index (κ3) is 1.31. The van der Waals surface area contributed by atoms with Crippen LogP contribution in [0.1, 0.15) is 19.4 Å². The predicted octanol–water partition coefficient (Wildman–Crippen LogP) is 1.58. The molecule has 4 rings (SSSR count). The molecule has 0 bridgehead atoms. The van der Waals surface area contributed by atoms with Crippen LogP contribution >= 0.6 is 0 Å². The van der Waals surface area contributed by atoms with Gasteiger partial charge in [0.05, 0.1) is 5.41 Å². The molecule has 1 fully saturated rings. The van der Waals surface area contributed by atoms with E-state index >= 15 is 0 Å². The van der Waals surface area contributed by atoms with Crippen LogP contribution in [0.2, 0.25) is 0 Å². The van der Waals surface area contributed by atoms with E-state index in [1.165, 1.54) is 6.08 Å². The highest BCUT2D eigenvalue weighted by molar-refractivity contribution is 6.45. The minimum atomic E-state index is -1.05. The first-order valence-corrected chi connectivity index (χ1v) is 7.25. The summed E-state index contributed by atoms with van der Waals surface area (Å²) in [5, 5.41) is 3.27. The van der Waals surface area contributed by atoms with Gasteiger partial charge in [-0.1, -0.05) is 24.3 Å². The first kappa shape index (κ1) is 13.2. The van der Waals surface area contributed by atoms with E-state index in [4.69, 9.17) is 4.74 Å². The van der Waals surface area contributed by atoms with E-state index in [0.29, 0.717) is 0 Å². The van der Waals surface area contributed by atoms with Gasteiger partial charge < -0.3 is 10.1 Å². The number of para-hydroxylation sites is 1. The zero-order valence-electron chi connectivity index (χ0n) is 12.3. The number of carbonyl (C=O) groups is 3. The summed E-state index contributed by atoms with van der Waals surface area (Å²) in [6.45, 7) is 3.79. The van der Waals surface area contributed by atoms with E-state index in [1.807, 2.05) is 38.1 Å². The van der Waals surface area contributed by atoms with Crippen LogP contribution in [-0.4, -0.2) is 23.3 Å². The van der Waals surface area contributed by atoms with Crippen molar-refractivity contribution in [1.82, 2.24) is 0 Å². The molecule has 5 heteroatoms. The van der Waals surface area contributed by atoms with Crippen LogP contribution in [0.3, 0.4) is 0 Å². The molecular formula is C17H15NO4. The fraction of sp³-hybridized carbons (Fsp3) is 0.353. The van der Waals surface area contributed by atoms with E-state index in [1.54, 1.807) is 6.08 Å². The molecule has 2 aliphatic heterocycles. The first-order chi connectivity index (χ1) is 10.4. The predicted molar refractivity (Wildman–Crippen MR) is 78.0 cm³/mol. The van der Waals surface area contributed by atoms with Gasteiger partial charge in [-0.25, -0.2) is 0 Å². The Kier molecular flexibility index (Phi) is 2.32. The van der Waals surface area contributed by atoms with Gasteiger partial charge in [-0.15, -0.1) is 0 Å². The SMILES string of the molecule is C[C@@]12Nc3ccccc3[C@]1(C)C1C=CC(=O)C(=O)C1C(=O)O2. The Hall–Kier alpha value is -2.43. The van der Waals surface area contributed by atoms with Gasteiger partial charge in [-0.2, -0.15) is 0 Å². The molecule has 1 N–H and O–H groups in total. The van der Waals surface area contributed by atoms with Crippen molar-refractivity contribution < 1.29 is 19.1 Å². The van der Waals surface area contributed by atoms with E-state index in [0.717, 1.165) is 11.3 Å². The Morgan fingerprint density at radius 2 is 1.86 bits per heavy atom. The number of allylic oxidation sites excluding steroid dienone is 2. The zero-order chi connectivity index (χ0) is 15.7. The van der Waals surface area contributed by atoms with Crippen molar-refractivity contribution in [2.24, 2.45) is 11.8 Å². The fourth-order valence-corrected chi connectivity index (χ4v) is 4.06. The lowest BCUT2D eigenvalue weighted by Crippen LogP contribution is -2.64. The summed E-state index contributed by atoms with van der Waals surface area (Å²) in [7, 11) is 0. The number of hydrogen-bond donors (Lipinski definition) is 1. The maximum absolute atomic E-state index is 12.4. The smallest absolute Gasteiger partial charge is 0.319 e. The molecule has 5 nitrogen and oxygen atoms in total. The second-order valence-electron chi connectivity index (χ2n) is 6.42. The van der Waals surface area contributed by atoms with Gasteiger partial charge in [0.1, 0.15) is 5.92 Å². The molecule has 0 spiro atoms. The zero-order valence-corrected chi connectivity index (χ0v) is 12.3. The average molecular weight is 297 g/mol. The third-order valence-electron chi connectivity index (χ3n) is 5.42. The second-order valence-corrected chi connectivity index (χ2v) is 6.42. The molecule has 0 aromatic heterocycles. The maximum atomic E-state index is 12.4. The largest absolute Gasteiger partial charge is 0.438 e.